The van der Waals surface area contributed by atoms with Gasteiger partial charge in [-0.3, -0.25) is 9.59 Å². The van der Waals surface area contributed by atoms with Crippen molar-refractivity contribution in [1.82, 2.24) is 0 Å². The number of Topliss-reactive ketones (excluding diaryl/α,β-unsaturated/α-hetero) is 1. The number of thioether (sulfide) groups is 1. The first-order valence-electron chi connectivity index (χ1n) is 12.1. The van der Waals surface area contributed by atoms with E-state index in [1.165, 1.54) is 0 Å². The first kappa shape index (κ1) is 28.8. The van der Waals surface area contributed by atoms with Crippen LogP contribution in [-0.2, 0) is 23.2 Å². The largest absolute Gasteiger partial charge is 0.466 e. The molecule has 8 heteroatoms. The fourth-order valence-electron chi connectivity index (χ4n) is 4.35. The van der Waals surface area contributed by atoms with E-state index in [1.807, 2.05) is 12.3 Å². The SMILES string of the molecule is CCOC(=O)[C@H]1C[C@H]2C=C[C@]1(O[Si](C)(C)C(C)(C)C)C(=O)[C@@]2(CSC)O[Si](C)(C)C(C)(C)C. The molecule has 5 nitrogen and oxygen atoms in total. The van der Waals surface area contributed by atoms with Crippen molar-refractivity contribution >= 4 is 40.1 Å². The van der Waals surface area contributed by atoms with E-state index in [2.05, 4.69) is 73.8 Å². The molecule has 0 heterocycles. The van der Waals surface area contributed by atoms with Crippen LogP contribution in [0.2, 0.25) is 36.3 Å². The van der Waals surface area contributed by atoms with E-state index in [-0.39, 0.29) is 34.4 Å². The Balaban J connectivity index is 2.70. The fraction of sp³-hybridized carbons (Fsp3) is 0.840. The third-order valence-electron chi connectivity index (χ3n) is 8.33. The number of hydrogen-bond donors (Lipinski definition) is 0. The van der Waals surface area contributed by atoms with E-state index in [0.717, 1.165) is 0 Å². The second-order valence-electron chi connectivity index (χ2n) is 12.7. The highest BCUT2D eigenvalue weighted by Gasteiger charge is 2.69. The van der Waals surface area contributed by atoms with Crippen LogP contribution in [0.5, 0.6) is 0 Å². The van der Waals surface area contributed by atoms with Gasteiger partial charge >= 0.3 is 5.97 Å². The Labute approximate surface area is 208 Å². The lowest BCUT2D eigenvalue weighted by molar-refractivity contribution is -0.180. The zero-order valence-corrected chi connectivity index (χ0v) is 25.7. The number of rotatable bonds is 8. The van der Waals surface area contributed by atoms with Crippen LogP contribution >= 0.6 is 11.8 Å². The molecular weight excluding hydrogens is 469 g/mol. The van der Waals surface area contributed by atoms with Gasteiger partial charge < -0.3 is 13.6 Å². The molecule has 3 rings (SSSR count). The van der Waals surface area contributed by atoms with Crippen molar-refractivity contribution in [3.8, 4) is 0 Å². The number of esters is 1. The van der Waals surface area contributed by atoms with Crippen LogP contribution in [0.4, 0.5) is 0 Å². The maximum Gasteiger partial charge on any atom is 0.312 e. The van der Waals surface area contributed by atoms with Crippen molar-refractivity contribution < 1.29 is 23.2 Å². The molecule has 3 aliphatic rings. The Kier molecular flexibility index (Phi) is 8.06. The summed E-state index contributed by atoms with van der Waals surface area (Å²) in [5.74, 6) is -0.705. The van der Waals surface area contributed by atoms with Crippen molar-refractivity contribution in [2.24, 2.45) is 11.8 Å². The maximum absolute atomic E-state index is 14.7. The minimum Gasteiger partial charge on any atom is -0.466 e. The predicted molar refractivity (Wildman–Crippen MR) is 143 cm³/mol. The molecule has 1 fully saturated rings. The van der Waals surface area contributed by atoms with E-state index in [0.29, 0.717) is 12.2 Å². The minimum absolute atomic E-state index is 0.0485. The molecule has 0 spiro atoms. The molecule has 0 aliphatic heterocycles. The normalized spacial score (nSPS) is 30.6. The van der Waals surface area contributed by atoms with Crippen molar-refractivity contribution in [2.45, 2.75) is 102 Å². The second-order valence-corrected chi connectivity index (χ2v) is 23.0. The van der Waals surface area contributed by atoms with Gasteiger partial charge in [-0.2, -0.15) is 11.8 Å². The van der Waals surface area contributed by atoms with E-state index < -0.39 is 33.8 Å². The molecule has 2 bridgehead atoms. The molecule has 4 atom stereocenters. The van der Waals surface area contributed by atoms with Gasteiger partial charge in [0.2, 0.25) is 0 Å². The lowest BCUT2D eigenvalue weighted by atomic mass is 9.58. The van der Waals surface area contributed by atoms with Gasteiger partial charge in [-0.1, -0.05) is 47.6 Å². The summed E-state index contributed by atoms with van der Waals surface area (Å²) in [7, 11) is -4.73. The Bertz CT molecular complexity index is 796. The topological polar surface area (TPSA) is 61.8 Å². The summed E-state index contributed by atoms with van der Waals surface area (Å²) in [6.07, 6.45) is 6.48. The van der Waals surface area contributed by atoms with Crippen LogP contribution in [0, 0.1) is 11.8 Å². The first-order chi connectivity index (χ1) is 14.8. The minimum atomic E-state index is -2.43. The van der Waals surface area contributed by atoms with E-state index in [1.54, 1.807) is 18.7 Å². The lowest BCUT2D eigenvalue weighted by Gasteiger charge is -2.59. The standard InChI is InChI=1S/C25H46O5SSi2/c1-13-28-20(26)19-16-18-14-15-24(19,29-32(9,10)22(2,3)4)21(27)25(18,17-31-8)30-33(11,12)23(5,6)7/h14-15,18-19H,13,16-17H2,1-12H3/t18-,19-,24-,25+/m1/s1. The molecule has 33 heavy (non-hydrogen) atoms. The zero-order valence-electron chi connectivity index (χ0n) is 22.9. The number of hydrogen-bond acceptors (Lipinski definition) is 6. The summed E-state index contributed by atoms with van der Waals surface area (Å²) >= 11 is 1.63. The molecule has 3 aliphatic carbocycles. The number of carbonyl (C=O) groups excluding carboxylic acids is 2. The maximum atomic E-state index is 14.7. The monoisotopic (exact) mass is 514 g/mol. The van der Waals surface area contributed by atoms with Crippen molar-refractivity contribution in [3.05, 3.63) is 12.2 Å². The molecule has 190 valence electrons. The molecule has 0 N–H and O–H groups in total. The van der Waals surface area contributed by atoms with E-state index in [9.17, 15) is 9.59 Å². The highest BCUT2D eigenvalue weighted by molar-refractivity contribution is 7.98. The Morgan fingerprint density at radius 1 is 1.06 bits per heavy atom. The zero-order chi connectivity index (χ0) is 25.7. The molecule has 0 saturated heterocycles. The number of ether oxygens (including phenoxy) is 1. The van der Waals surface area contributed by atoms with Crippen molar-refractivity contribution in [2.75, 3.05) is 18.6 Å². The molecular formula is C25H46O5SSi2. The van der Waals surface area contributed by atoms with Crippen molar-refractivity contribution in [3.63, 3.8) is 0 Å². The Morgan fingerprint density at radius 2 is 1.58 bits per heavy atom. The van der Waals surface area contributed by atoms with Crippen LogP contribution in [0.15, 0.2) is 12.2 Å². The molecule has 1 saturated carbocycles. The summed E-state index contributed by atoms with van der Waals surface area (Å²) in [6.45, 7) is 23.8. The third kappa shape index (κ3) is 4.97. The average Bonchev–Trinajstić information content (AvgIpc) is 2.64. The van der Waals surface area contributed by atoms with Gasteiger partial charge in [0.1, 0.15) is 11.2 Å². The van der Waals surface area contributed by atoms with Crippen LogP contribution in [0.1, 0.15) is 54.9 Å². The van der Waals surface area contributed by atoms with Gasteiger partial charge in [0.25, 0.3) is 0 Å². The first-order valence-corrected chi connectivity index (χ1v) is 19.3. The summed E-state index contributed by atoms with van der Waals surface area (Å²) < 4.78 is 19.4. The smallest absolute Gasteiger partial charge is 0.312 e. The van der Waals surface area contributed by atoms with E-state index in [4.69, 9.17) is 13.6 Å². The third-order valence-corrected chi connectivity index (χ3v) is 18.0. The second kappa shape index (κ2) is 9.23. The molecule has 0 radical (unpaired) electrons. The predicted octanol–water partition coefficient (Wildman–Crippen LogP) is 6.21. The molecule has 0 aromatic rings. The molecule has 0 aromatic heterocycles. The van der Waals surface area contributed by atoms with Crippen LogP contribution < -0.4 is 0 Å². The fourth-order valence-corrected chi connectivity index (χ4v) is 8.27. The lowest BCUT2D eigenvalue weighted by Crippen LogP contribution is -2.74. The quantitative estimate of drug-likeness (QED) is 0.218. The molecule has 0 aromatic carbocycles. The number of ketones is 1. The van der Waals surface area contributed by atoms with Gasteiger partial charge in [-0.25, -0.2) is 0 Å². The Hall–Kier alpha value is -0.416. The highest BCUT2D eigenvalue weighted by Crippen LogP contribution is 2.56. The summed E-state index contributed by atoms with van der Waals surface area (Å²) in [6, 6.07) is 0. The Morgan fingerprint density at radius 3 is 2.03 bits per heavy atom. The average molecular weight is 515 g/mol. The van der Waals surface area contributed by atoms with Crippen molar-refractivity contribution in [1.29, 1.82) is 0 Å². The van der Waals surface area contributed by atoms with E-state index >= 15 is 0 Å². The van der Waals surface area contributed by atoms with Gasteiger partial charge in [-0.05, 0) is 61.9 Å². The highest BCUT2D eigenvalue weighted by atomic mass is 32.2. The molecule has 0 amide bonds. The summed E-state index contributed by atoms with van der Waals surface area (Å²) in [5, 5.41) is -0.168. The van der Waals surface area contributed by atoms with Crippen LogP contribution in [0.3, 0.4) is 0 Å². The van der Waals surface area contributed by atoms with Gasteiger partial charge in [0.15, 0.2) is 22.4 Å². The number of carbonyl (C=O) groups is 2. The number of fused-ring (bicyclic) bond motifs is 2. The van der Waals surface area contributed by atoms with Crippen LogP contribution in [-0.4, -0.2) is 58.2 Å². The summed E-state index contributed by atoms with van der Waals surface area (Å²) in [4.78, 5) is 27.8. The van der Waals surface area contributed by atoms with Gasteiger partial charge in [0, 0.05) is 11.7 Å². The summed E-state index contributed by atoms with van der Waals surface area (Å²) in [5.41, 5.74) is -2.34. The van der Waals surface area contributed by atoms with Gasteiger partial charge in [-0.15, -0.1) is 0 Å². The van der Waals surface area contributed by atoms with Crippen LogP contribution in [0.25, 0.3) is 0 Å². The van der Waals surface area contributed by atoms with Gasteiger partial charge in [0.05, 0.1) is 12.5 Å². The molecule has 0 unspecified atom stereocenters.